The van der Waals surface area contributed by atoms with Gasteiger partial charge < -0.3 is 5.73 Å². The van der Waals surface area contributed by atoms with Gasteiger partial charge >= 0.3 is 0 Å². The number of halogens is 2. The van der Waals surface area contributed by atoms with Crippen LogP contribution in [-0.2, 0) is 0 Å². The number of hydrogen-bond acceptors (Lipinski definition) is 1. The third-order valence-electron chi connectivity index (χ3n) is 1.78. The largest absolute Gasteiger partial charge is 0.324 e. The summed E-state index contributed by atoms with van der Waals surface area (Å²) in [4.78, 5) is 0. The van der Waals surface area contributed by atoms with Crippen molar-refractivity contribution >= 4 is 23.2 Å². The van der Waals surface area contributed by atoms with Crippen LogP contribution in [0.3, 0.4) is 0 Å². The molecule has 70 valence electrons. The van der Waals surface area contributed by atoms with Gasteiger partial charge in [0, 0.05) is 16.1 Å². The van der Waals surface area contributed by atoms with E-state index in [1.807, 2.05) is 0 Å². The first-order valence-electron chi connectivity index (χ1n) is 3.96. The van der Waals surface area contributed by atoms with Crippen molar-refractivity contribution in [3.8, 4) is 0 Å². The highest BCUT2D eigenvalue weighted by Gasteiger charge is 2.08. The number of rotatable bonds is 3. The highest BCUT2D eigenvalue weighted by molar-refractivity contribution is 6.33. The highest BCUT2D eigenvalue weighted by Crippen LogP contribution is 2.26. The monoisotopic (exact) mass is 215 g/mol. The topological polar surface area (TPSA) is 26.0 Å². The third-order valence-corrected chi connectivity index (χ3v) is 2.36. The molecule has 0 spiro atoms. The Kier molecular flexibility index (Phi) is 3.79. The molecule has 0 aromatic heterocycles. The lowest BCUT2D eigenvalue weighted by Crippen LogP contribution is -2.09. The Morgan fingerprint density at radius 1 is 1.46 bits per heavy atom. The van der Waals surface area contributed by atoms with Gasteiger partial charge in [0.25, 0.3) is 0 Å². The molecule has 0 amide bonds. The van der Waals surface area contributed by atoms with Gasteiger partial charge in [-0.05, 0) is 30.2 Å². The van der Waals surface area contributed by atoms with E-state index in [0.29, 0.717) is 16.5 Å². The molecule has 1 nitrogen and oxygen atoms in total. The molecular formula is C10H11Cl2N. The summed E-state index contributed by atoms with van der Waals surface area (Å²) in [6.07, 6.45) is 2.46. The maximum absolute atomic E-state index is 5.95. The summed E-state index contributed by atoms with van der Waals surface area (Å²) >= 11 is 11.8. The first kappa shape index (κ1) is 10.6. The Morgan fingerprint density at radius 3 is 2.77 bits per heavy atom. The van der Waals surface area contributed by atoms with Crippen LogP contribution in [0.4, 0.5) is 0 Å². The normalized spacial score (nSPS) is 12.5. The van der Waals surface area contributed by atoms with E-state index in [4.69, 9.17) is 28.9 Å². The molecule has 0 unspecified atom stereocenters. The summed E-state index contributed by atoms with van der Waals surface area (Å²) in [6, 6.07) is 5.16. The number of hydrogen-bond donors (Lipinski definition) is 1. The molecule has 0 saturated heterocycles. The van der Waals surface area contributed by atoms with Gasteiger partial charge in [0.2, 0.25) is 0 Å². The fourth-order valence-electron chi connectivity index (χ4n) is 1.11. The first-order chi connectivity index (χ1) is 6.15. The molecule has 0 bridgehead atoms. The average molecular weight is 216 g/mol. The second kappa shape index (κ2) is 4.66. The molecule has 2 N–H and O–H groups in total. The standard InChI is InChI=1S/C10H11Cl2N/c1-2-3-10(13)8-6-7(11)4-5-9(8)12/h2,4-6,10H,1,3,13H2/t10-/m1/s1. The molecule has 13 heavy (non-hydrogen) atoms. The summed E-state index contributed by atoms with van der Waals surface area (Å²) in [6.45, 7) is 3.62. The molecule has 0 aliphatic carbocycles. The number of benzene rings is 1. The lowest BCUT2D eigenvalue weighted by Gasteiger charge is -2.11. The van der Waals surface area contributed by atoms with Crippen molar-refractivity contribution in [2.24, 2.45) is 5.73 Å². The molecular weight excluding hydrogens is 205 g/mol. The van der Waals surface area contributed by atoms with E-state index >= 15 is 0 Å². The minimum absolute atomic E-state index is 0.122. The zero-order chi connectivity index (χ0) is 9.84. The molecule has 1 aromatic rings. The predicted octanol–water partition coefficient (Wildman–Crippen LogP) is 3.57. The van der Waals surface area contributed by atoms with Crippen LogP contribution in [0.25, 0.3) is 0 Å². The fraction of sp³-hybridized carbons (Fsp3) is 0.200. The minimum atomic E-state index is -0.122. The Morgan fingerprint density at radius 2 is 2.15 bits per heavy atom. The molecule has 0 fully saturated rings. The summed E-state index contributed by atoms with van der Waals surface area (Å²) in [7, 11) is 0. The van der Waals surface area contributed by atoms with Gasteiger partial charge in [-0.2, -0.15) is 0 Å². The molecule has 1 atom stereocenters. The predicted molar refractivity (Wildman–Crippen MR) is 58.2 cm³/mol. The van der Waals surface area contributed by atoms with E-state index in [1.54, 1.807) is 24.3 Å². The quantitative estimate of drug-likeness (QED) is 0.768. The molecule has 0 radical (unpaired) electrons. The number of nitrogens with two attached hydrogens (primary N) is 1. The minimum Gasteiger partial charge on any atom is -0.324 e. The zero-order valence-electron chi connectivity index (χ0n) is 7.13. The summed E-state index contributed by atoms with van der Waals surface area (Å²) in [5, 5.41) is 1.30. The van der Waals surface area contributed by atoms with Crippen LogP contribution < -0.4 is 5.73 Å². The second-order valence-corrected chi connectivity index (χ2v) is 3.64. The van der Waals surface area contributed by atoms with Crippen molar-refractivity contribution in [3.05, 3.63) is 46.5 Å². The van der Waals surface area contributed by atoms with Gasteiger partial charge in [-0.1, -0.05) is 29.3 Å². The first-order valence-corrected chi connectivity index (χ1v) is 4.72. The van der Waals surface area contributed by atoms with Crippen molar-refractivity contribution in [1.29, 1.82) is 0 Å². The Balaban J connectivity index is 2.97. The summed E-state index contributed by atoms with van der Waals surface area (Å²) in [5.74, 6) is 0. The van der Waals surface area contributed by atoms with Crippen LogP contribution >= 0.6 is 23.2 Å². The smallest absolute Gasteiger partial charge is 0.0454 e. The Labute approximate surface area is 88.1 Å². The highest BCUT2D eigenvalue weighted by atomic mass is 35.5. The summed E-state index contributed by atoms with van der Waals surface area (Å²) < 4.78 is 0. The van der Waals surface area contributed by atoms with Gasteiger partial charge in [-0.25, -0.2) is 0 Å². The third kappa shape index (κ3) is 2.73. The van der Waals surface area contributed by atoms with E-state index in [-0.39, 0.29) is 6.04 Å². The van der Waals surface area contributed by atoms with Crippen molar-refractivity contribution in [2.75, 3.05) is 0 Å². The molecule has 0 aliphatic rings. The molecule has 3 heteroatoms. The molecule has 1 rings (SSSR count). The maximum Gasteiger partial charge on any atom is 0.0454 e. The molecule has 0 aliphatic heterocycles. The van der Waals surface area contributed by atoms with Crippen LogP contribution in [0.2, 0.25) is 10.0 Å². The molecule has 1 aromatic carbocycles. The van der Waals surface area contributed by atoms with Crippen LogP contribution in [0, 0.1) is 0 Å². The average Bonchev–Trinajstić information content (AvgIpc) is 2.09. The second-order valence-electron chi connectivity index (χ2n) is 2.80. The van der Waals surface area contributed by atoms with Crippen LogP contribution in [0.1, 0.15) is 18.0 Å². The van der Waals surface area contributed by atoms with Gasteiger partial charge in [-0.3, -0.25) is 0 Å². The van der Waals surface area contributed by atoms with E-state index < -0.39 is 0 Å². The van der Waals surface area contributed by atoms with Crippen LogP contribution in [-0.4, -0.2) is 0 Å². The van der Waals surface area contributed by atoms with Gasteiger partial charge in [-0.15, -0.1) is 6.58 Å². The van der Waals surface area contributed by atoms with Crippen molar-refractivity contribution in [2.45, 2.75) is 12.5 Å². The van der Waals surface area contributed by atoms with E-state index in [9.17, 15) is 0 Å². The lowest BCUT2D eigenvalue weighted by molar-refractivity contribution is 0.742. The van der Waals surface area contributed by atoms with E-state index in [2.05, 4.69) is 6.58 Å². The SMILES string of the molecule is C=CC[C@@H](N)c1cc(Cl)ccc1Cl. The van der Waals surface area contributed by atoms with Gasteiger partial charge in [0.15, 0.2) is 0 Å². The van der Waals surface area contributed by atoms with Crippen molar-refractivity contribution in [3.63, 3.8) is 0 Å². The van der Waals surface area contributed by atoms with Crippen LogP contribution in [0.15, 0.2) is 30.9 Å². The molecule has 0 heterocycles. The van der Waals surface area contributed by atoms with Crippen LogP contribution in [0.5, 0.6) is 0 Å². The van der Waals surface area contributed by atoms with Crippen molar-refractivity contribution in [1.82, 2.24) is 0 Å². The van der Waals surface area contributed by atoms with Gasteiger partial charge in [0.05, 0.1) is 0 Å². The van der Waals surface area contributed by atoms with E-state index in [0.717, 1.165) is 5.56 Å². The summed E-state index contributed by atoms with van der Waals surface area (Å²) in [5.41, 5.74) is 6.73. The van der Waals surface area contributed by atoms with E-state index in [1.165, 1.54) is 0 Å². The maximum atomic E-state index is 5.95. The Bertz CT molecular complexity index is 310. The zero-order valence-corrected chi connectivity index (χ0v) is 8.65. The van der Waals surface area contributed by atoms with Gasteiger partial charge in [0.1, 0.15) is 0 Å². The lowest BCUT2D eigenvalue weighted by atomic mass is 10.1. The fourth-order valence-corrected chi connectivity index (χ4v) is 1.54. The molecule has 0 saturated carbocycles. The Hall–Kier alpha value is -0.500. The van der Waals surface area contributed by atoms with Crippen molar-refractivity contribution < 1.29 is 0 Å².